The first-order chi connectivity index (χ1) is 19.9. The van der Waals surface area contributed by atoms with Gasteiger partial charge in [0.15, 0.2) is 12.6 Å². The third-order valence-corrected chi connectivity index (χ3v) is 9.35. The first kappa shape index (κ1) is 28.6. The fraction of sp³-hybridized carbons (Fsp3) is 0.594. The molecule has 222 valence electrons. The Bertz CT molecular complexity index is 1170. The third kappa shape index (κ3) is 6.16. The van der Waals surface area contributed by atoms with Crippen molar-refractivity contribution < 1.29 is 43.4 Å². The number of carbonyl (C=O) groups excluding carboxylic acids is 1. The van der Waals surface area contributed by atoms with E-state index in [1.54, 1.807) is 7.11 Å². The topological polar surface area (TPSA) is 113 Å². The van der Waals surface area contributed by atoms with Gasteiger partial charge in [-0.05, 0) is 30.5 Å². The SMILES string of the molecule is COc1ccc(C2OC[C@H]3[C@@H](CC4OC(=O)C[C@@H]43)O2)cc1.Cc1ccc(CO[C@@H]2CC3OC(O)C[C@@H]3[C@H]2CO)cc1. The Hall–Kier alpha value is -2.53. The van der Waals surface area contributed by atoms with E-state index < -0.39 is 6.29 Å². The van der Waals surface area contributed by atoms with Crippen LogP contribution in [0.1, 0.15) is 48.7 Å². The zero-order valence-corrected chi connectivity index (χ0v) is 23.6. The van der Waals surface area contributed by atoms with Gasteiger partial charge in [0.05, 0.1) is 45.1 Å². The van der Waals surface area contributed by atoms with Crippen LogP contribution in [-0.4, -0.2) is 67.2 Å². The standard InChI is InChI=1S/C16H18O5.C16H22O4/c1-18-10-4-2-9(3-5-10)16-19-8-12-11-6-15(17)20-13(11)7-14(12)21-16;1-10-2-4-11(5-3-10)9-19-14-7-15-12(13(14)8-17)6-16(18)20-15/h2-5,11-14,16H,6-8H2,1H3;2-5,12-18H,6-9H2,1H3/t11-,12-,13?,14-,16?;12-,13-,14-,15?,16?/m11/s1. The number of benzene rings is 2. The van der Waals surface area contributed by atoms with Crippen LogP contribution in [-0.2, 0) is 35.1 Å². The van der Waals surface area contributed by atoms with Crippen LogP contribution in [0.25, 0.3) is 0 Å². The molecule has 3 saturated heterocycles. The minimum atomic E-state index is -0.669. The highest BCUT2D eigenvalue weighted by Gasteiger charge is 2.53. The molecule has 2 saturated carbocycles. The Morgan fingerprint density at radius 2 is 1.66 bits per heavy atom. The summed E-state index contributed by atoms with van der Waals surface area (Å²) in [5.41, 5.74) is 3.37. The molecule has 2 N–H and O–H groups in total. The van der Waals surface area contributed by atoms with Gasteiger partial charge in [-0.3, -0.25) is 4.79 Å². The van der Waals surface area contributed by atoms with E-state index in [9.17, 15) is 15.0 Å². The molecule has 2 aliphatic carbocycles. The maximum atomic E-state index is 11.4. The van der Waals surface area contributed by atoms with Crippen LogP contribution >= 0.6 is 0 Å². The molecule has 2 aromatic carbocycles. The summed E-state index contributed by atoms with van der Waals surface area (Å²) >= 11 is 0. The summed E-state index contributed by atoms with van der Waals surface area (Å²) in [4.78, 5) is 11.4. The lowest BCUT2D eigenvalue weighted by Crippen LogP contribution is -2.35. The molecular weight excluding hydrogens is 528 g/mol. The number of ether oxygens (including phenoxy) is 6. The molecular formula is C32H40O9. The van der Waals surface area contributed by atoms with Crippen molar-refractivity contribution in [1.29, 1.82) is 0 Å². The molecule has 7 rings (SSSR count). The highest BCUT2D eigenvalue weighted by Crippen LogP contribution is 2.47. The molecule has 3 heterocycles. The summed E-state index contributed by atoms with van der Waals surface area (Å²) in [6.07, 6.45) is 1.85. The molecule has 0 radical (unpaired) electrons. The fourth-order valence-corrected chi connectivity index (χ4v) is 7.11. The van der Waals surface area contributed by atoms with E-state index in [0.29, 0.717) is 26.1 Å². The van der Waals surface area contributed by atoms with Crippen molar-refractivity contribution in [3.8, 4) is 5.75 Å². The number of hydrogen-bond acceptors (Lipinski definition) is 9. The Labute approximate surface area is 240 Å². The van der Waals surface area contributed by atoms with Crippen LogP contribution in [0.2, 0.25) is 0 Å². The van der Waals surface area contributed by atoms with E-state index >= 15 is 0 Å². The van der Waals surface area contributed by atoms with Crippen LogP contribution in [0.3, 0.4) is 0 Å². The number of hydrogen-bond donors (Lipinski definition) is 2. The second kappa shape index (κ2) is 12.4. The lowest BCUT2D eigenvalue weighted by atomic mass is 9.92. The van der Waals surface area contributed by atoms with Crippen molar-refractivity contribution >= 4 is 5.97 Å². The molecule has 5 aliphatic rings. The first-order valence-corrected chi connectivity index (χ1v) is 14.6. The normalized spacial score (nSPS) is 37.0. The summed E-state index contributed by atoms with van der Waals surface area (Å²) in [5, 5.41) is 19.1. The Balaban J connectivity index is 0.000000148. The van der Waals surface area contributed by atoms with Gasteiger partial charge < -0.3 is 38.6 Å². The number of methoxy groups -OCH3 is 1. The van der Waals surface area contributed by atoms with Crippen LogP contribution < -0.4 is 4.74 Å². The Morgan fingerprint density at radius 3 is 2.39 bits per heavy atom. The van der Waals surface area contributed by atoms with Crippen molar-refractivity contribution in [2.24, 2.45) is 23.7 Å². The minimum absolute atomic E-state index is 0.0174. The predicted molar refractivity (Wildman–Crippen MR) is 147 cm³/mol. The molecule has 2 aromatic rings. The number of aliphatic hydroxyl groups excluding tert-OH is 2. The predicted octanol–water partition coefficient (Wildman–Crippen LogP) is 3.68. The van der Waals surface area contributed by atoms with E-state index in [1.165, 1.54) is 5.56 Å². The zero-order valence-electron chi connectivity index (χ0n) is 23.6. The van der Waals surface area contributed by atoms with Crippen molar-refractivity contribution in [1.82, 2.24) is 0 Å². The lowest BCUT2D eigenvalue weighted by molar-refractivity contribution is -0.238. The van der Waals surface area contributed by atoms with Crippen LogP contribution in [0, 0.1) is 30.6 Å². The molecule has 0 aromatic heterocycles. The van der Waals surface area contributed by atoms with Gasteiger partial charge in [0.25, 0.3) is 0 Å². The fourth-order valence-electron chi connectivity index (χ4n) is 7.11. The Kier molecular flexibility index (Phi) is 8.62. The summed E-state index contributed by atoms with van der Waals surface area (Å²) in [5.74, 6) is 1.56. The zero-order chi connectivity index (χ0) is 28.5. The maximum Gasteiger partial charge on any atom is 0.306 e. The highest BCUT2D eigenvalue weighted by molar-refractivity contribution is 5.72. The van der Waals surface area contributed by atoms with Crippen molar-refractivity contribution in [3.63, 3.8) is 0 Å². The number of fused-ring (bicyclic) bond motifs is 4. The molecule has 4 unspecified atom stereocenters. The molecule has 3 aliphatic heterocycles. The van der Waals surface area contributed by atoms with Gasteiger partial charge in [-0.15, -0.1) is 0 Å². The van der Waals surface area contributed by atoms with E-state index in [-0.39, 0.29) is 67.0 Å². The first-order valence-electron chi connectivity index (χ1n) is 14.6. The van der Waals surface area contributed by atoms with Gasteiger partial charge in [0.2, 0.25) is 0 Å². The molecule has 0 amide bonds. The van der Waals surface area contributed by atoms with Gasteiger partial charge >= 0.3 is 5.97 Å². The minimum Gasteiger partial charge on any atom is -0.497 e. The van der Waals surface area contributed by atoms with Crippen molar-refractivity contribution in [3.05, 3.63) is 65.2 Å². The van der Waals surface area contributed by atoms with Crippen LogP contribution in [0.15, 0.2) is 48.5 Å². The average Bonchev–Trinajstić information content (AvgIpc) is 3.70. The van der Waals surface area contributed by atoms with Gasteiger partial charge in [-0.2, -0.15) is 0 Å². The smallest absolute Gasteiger partial charge is 0.306 e. The number of rotatable bonds is 6. The number of aliphatic hydroxyl groups is 2. The summed E-state index contributed by atoms with van der Waals surface area (Å²) in [7, 11) is 1.64. The Morgan fingerprint density at radius 1 is 0.902 bits per heavy atom. The molecule has 9 heteroatoms. The van der Waals surface area contributed by atoms with Gasteiger partial charge in [-0.1, -0.05) is 42.0 Å². The molecule has 5 fully saturated rings. The maximum absolute atomic E-state index is 11.4. The van der Waals surface area contributed by atoms with Crippen molar-refractivity contribution in [2.75, 3.05) is 20.3 Å². The molecule has 10 atom stereocenters. The summed E-state index contributed by atoms with van der Waals surface area (Å²) < 4.78 is 33.9. The second-order valence-corrected chi connectivity index (χ2v) is 11.9. The van der Waals surface area contributed by atoms with E-state index in [0.717, 1.165) is 29.7 Å². The van der Waals surface area contributed by atoms with Crippen LogP contribution in [0.5, 0.6) is 5.75 Å². The van der Waals surface area contributed by atoms with Gasteiger partial charge in [0, 0.05) is 49.2 Å². The van der Waals surface area contributed by atoms with Crippen molar-refractivity contribution in [2.45, 2.75) is 76.2 Å². The van der Waals surface area contributed by atoms with E-state index in [4.69, 9.17) is 28.4 Å². The van der Waals surface area contributed by atoms with Gasteiger partial charge in [0.1, 0.15) is 11.9 Å². The van der Waals surface area contributed by atoms with Crippen LogP contribution in [0.4, 0.5) is 0 Å². The van der Waals surface area contributed by atoms with E-state index in [1.807, 2.05) is 24.3 Å². The summed E-state index contributed by atoms with van der Waals surface area (Å²) in [6.45, 7) is 3.34. The monoisotopic (exact) mass is 568 g/mol. The summed E-state index contributed by atoms with van der Waals surface area (Å²) in [6, 6.07) is 16.0. The number of esters is 1. The third-order valence-electron chi connectivity index (χ3n) is 9.35. The lowest BCUT2D eigenvalue weighted by Gasteiger charge is -2.34. The largest absolute Gasteiger partial charge is 0.497 e. The molecule has 41 heavy (non-hydrogen) atoms. The highest BCUT2D eigenvalue weighted by atomic mass is 16.7. The van der Waals surface area contributed by atoms with Gasteiger partial charge in [-0.25, -0.2) is 0 Å². The molecule has 0 bridgehead atoms. The second-order valence-electron chi connectivity index (χ2n) is 11.9. The average molecular weight is 569 g/mol. The molecule has 0 spiro atoms. The quantitative estimate of drug-likeness (QED) is 0.504. The van der Waals surface area contributed by atoms with E-state index in [2.05, 4.69) is 31.2 Å². The number of carbonyl (C=O) groups is 1. The molecule has 9 nitrogen and oxygen atoms in total. The number of aryl methyl sites for hydroxylation is 1.